The summed E-state index contributed by atoms with van der Waals surface area (Å²) in [4.78, 5) is 2.58. The first-order valence-corrected chi connectivity index (χ1v) is 8.35. The zero-order valence-electron chi connectivity index (χ0n) is 13.6. The van der Waals surface area contributed by atoms with E-state index in [1.165, 1.54) is 24.0 Å². The van der Waals surface area contributed by atoms with Crippen LogP contribution in [0.2, 0.25) is 0 Å². The van der Waals surface area contributed by atoms with Gasteiger partial charge in [-0.25, -0.2) is 0 Å². The van der Waals surface area contributed by atoms with Gasteiger partial charge in [0.1, 0.15) is 0 Å². The fourth-order valence-electron chi connectivity index (χ4n) is 2.99. The zero-order chi connectivity index (χ0) is 15.6. The van der Waals surface area contributed by atoms with Gasteiger partial charge in [0.05, 0.1) is 0 Å². The van der Waals surface area contributed by atoms with Crippen molar-refractivity contribution >= 4 is 0 Å². The van der Waals surface area contributed by atoms with Crippen LogP contribution in [0.1, 0.15) is 37.3 Å². The van der Waals surface area contributed by atoms with Gasteiger partial charge in [-0.05, 0) is 30.5 Å². The molecule has 0 aliphatic heterocycles. The van der Waals surface area contributed by atoms with Crippen LogP contribution in [0.25, 0.3) is 0 Å². The Hall–Kier alpha value is -1.64. The third-order valence-electron chi connectivity index (χ3n) is 4.10. The van der Waals surface area contributed by atoms with Crippen molar-refractivity contribution in [1.29, 1.82) is 0 Å². The van der Waals surface area contributed by atoms with Crippen LogP contribution in [0, 0.1) is 0 Å². The first kappa shape index (κ1) is 16.7. The van der Waals surface area contributed by atoms with Crippen molar-refractivity contribution in [2.45, 2.75) is 45.3 Å². The van der Waals surface area contributed by atoms with E-state index in [1.807, 2.05) is 0 Å². The molecule has 22 heavy (non-hydrogen) atoms. The number of rotatable bonds is 9. The lowest BCUT2D eigenvalue weighted by Gasteiger charge is -2.32. The van der Waals surface area contributed by atoms with Crippen molar-refractivity contribution in [2.75, 3.05) is 6.54 Å². The minimum absolute atomic E-state index is 0.551. The van der Waals surface area contributed by atoms with Gasteiger partial charge in [0, 0.05) is 19.1 Å². The van der Waals surface area contributed by atoms with Gasteiger partial charge in [-0.2, -0.15) is 0 Å². The van der Waals surface area contributed by atoms with E-state index in [9.17, 15) is 0 Å². The molecule has 2 N–H and O–H groups in total. The highest BCUT2D eigenvalue weighted by atomic mass is 15.2. The Labute approximate surface area is 135 Å². The summed E-state index contributed by atoms with van der Waals surface area (Å²) < 4.78 is 0. The van der Waals surface area contributed by atoms with Crippen molar-refractivity contribution in [1.82, 2.24) is 4.90 Å². The second-order valence-electron chi connectivity index (χ2n) is 5.90. The van der Waals surface area contributed by atoms with Crippen molar-refractivity contribution in [3.05, 3.63) is 71.8 Å². The molecule has 0 unspecified atom stereocenters. The normalized spacial score (nSPS) is 12.5. The quantitative estimate of drug-likeness (QED) is 0.751. The molecule has 0 aromatic heterocycles. The van der Waals surface area contributed by atoms with Crippen LogP contribution in [0.5, 0.6) is 0 Å². The molecule has 2 aromatic rings. The van der Waals surface area contributed by atoms with E-state index in [1.54, 1.807) is 0 Å². The monoisotopic (exact) mass is 296 g/mol. The summed E-state index contributed by atoms with van der Waals surface area (Å²) in [6.45, 7) is 4.98. The number of nitrogens with zero attached hydrogens (tertiary/aromatic N) is 1. The molecule has 0 spiro atoms. The Morgan fingerprint density at radius 1 is 0.818 bits per heavy atom. The van der Waals surface area contributed by atoms with Crippen LogP contribution >= 0.6 is 0 Å². The molecule has 0 saturated carbocycles. The molecular weight excluding hydrogens is 268 g/mol. The third-order valence-corrected chi connectivity index (χ3v) is 4.10. The van der Waals surface area contributed by atoms with Gasteiger partial charge >= 0.3 is 0 Å². The van der Waals surface area contributed by atoms with E-state index in [0.717, 1.165) is 26.1 Å². The second-order valence-corrected chi connectivity index (χ2v) is 5.90. The lowest BCUT2D eigenvalue weighted by atomic mass is 10.0. The molecule has 0 amide bonds. The summed E-state index contributed by atoms with van der Waals surface area (Å²) in [6.07, 6.45) is 3.47. The number of benzene rings is 2. The van der Waals surface area contributed by atoms with Crippen molar-refractivity contribution in [3.63, 3.8) is 0 Å². The Balaban J connectivity index is 2.14. The first-order chi connectivity index (χ1) is 10.8. The summed E-state index contributed by atoms with van der Waals surface area (Å²) in [6, 6.07) is 22.0. The number of nitrogens with two attached hydrogens (primary N) is 1. The molecule has 0 fully saturated rings. The Morgan fingerprint density at radius 2 is 1.32 bits per heavy atom. The predicted octanol–water partition coefficient (Wildman–Crippen LogP) is 4.21. The number of hydrogen-bond donors (Lipinski definition) is 1. The largest absolute Gasteiger partial charge is 0.330 e. The van der Waals surface area contributed by atoms with E-state index in [2.05, 4.69) is 72.5 Å². The lowest BCUT2D eigenvalue weighted by Crippen LogP contribution is -2.36. The van der Waals surface area contributed by atoms with Gasteiger partial charge in [-0.15, -0.1) is 0 Å². The molecule has 2 rings (SSSR count). The molecule has 2 nitrogen and oxygen atoms in total. The molecule has 0 aliphatic carbocycles. The van der Waals surface area contributed by atoms with Crippen LogP contribution in [0.4, 0.5) is 0 Å². The Morgan fingerprint density at radius 3 is 1.73 bits per heavy atom. The van der Waals surface area contributed by atoms with Crippen LogP contribution < -0.4 is 5.73 Å². The van der Waals surface area contributed by atoms with Gasteiger partial charge < -0.3 is 5.73 Å². The number of hydrogen-bond acceptors (Lipinski definition) is 2. The fourth-order valence-corrected chi connectivity index (χ4v) is 2.99. The minimum atomic E-state index is 0.551. The maximum atomic E-state index is 5.86. The van der Waals surface area contributed by atoms with E-state index in [4.69, 9.17) is 5.73 Å². The highest BCUT2D eigenvalue weighted by Crippen LogP contribution is 2.18. The molecule has 0 bridgehead atoms. The molecular formula is C20H28N2. The van der Waals surface area contributed by atoms with Crippen molar-refractivity contribution < 1.29 is 0 Å². The van der Waals surface area contributed by atoms with Gasteiger partial charge in [-0.1, -0.05) is 74.0 Å². The summed E-state index contributed by atoms with van der Waals surface area (Å²) in [5.74, 6) is 0. The highest BCUT2D eigenvalue weighted by molar-refractivity contribution is 5.17. The molecule has 2 heteroatoms. The predicted molar refractivity (Wildman–Crippen MR) is 94.5 cm³/mol. The SMILES string of the molecule is CCC[C@H](CCN)N(Cc1ccccc1)Cc1ccccc1. The van der Waals surface area contributed by atoms with E-state index >= 15 is 0 Å². The molecule has 0 saturated heterocycles. The van der Waals surface area contributed by atoms with Crippen LogP contribution in [0.3, 0.4) is 0 Å². The minimum Gasteiger partial charge on any atom is -0.330 e. The van der Waals surface area contributed by atoms with Gasteiger partial charge in [0.2, 0.25) is 0 Å². The summed E-state index contributed by atoms with van der Waals surface area (Å²) >= 11 is 0. The van der Waals surface area contributed by atoms with Crippen molar-refractivity contribution in [3.8, 4) is 0 Å². The summed E-state index contributed by atoms with van der Waals surface area (Å²) in [7, 11) is 0. The average Bonchev–Trinajstić information content (AvgIpc) is 2.56. The third kappa shape index (κ3) is 5.28. The molecule has 2 aromatic carbocycles. The summed E-state index contributed by atoms with van der Waals surface area (Å²) in [5, 5.41) is 0. The lowest BCUT2D eigenvalue weighted by molar-refractivity contribution is 0.160. The van der Waals surface area contributed by atoms with Crippen LogP contribution in [-0.2, 0) is 13.1 Å². The van der Waals surface area contributed by atoms with Gasteiger partial charge in [0.25, 0.3) is 0 Å². The van der Waals surface area contributed by atoms with Gasteiger partial charge in [-0.3, -0.25) is 4.90 Å². The average molecular weight is 296 g/mol. The standard InChI is InChI=1S/C20H28N2/c1-2-9-20(14-15-21)22(16-18-10-5-3-6-11-18)17-19-12-7-4-8-13-19/h3-8,10-13,20H,2,9,14-17,21H2,1H3/t20-/m1/s1. The second kappa shape index (κ2) is 9.39. The van der Waals surface area contributed by atoms with E-state index in [0.29, 0.717) is 6.04 Å². The zero-order valence-corrected chi connectivity index (χ0v) is 13.6. The molecule has 1 atom stereocenters. The maximum absolute atomic E-state index is 5.86. The molecule has 0 heterocycles. The molecule has 118 valence electrons. The topological polar surface area (TPSA) is 29.3 Å². The van der Waals surface area contributed by atoms with E-state index < -0.39 is 0 Å². The molecule has 0 aliphatic rings. The molecule has 0 radical (unpaired) electrons. The van der Waals surface area contributed by atoms with Gasteiger partial charge in [0.15, 0.2) is 0 Å². The van der Waals surface area contributed by atoms with Crippen LogP contribution in [0.15, 0.2) is 60.7 Å². The summed E-state index contributed by atoms with van der Waals surface area (Å²) in [5.41, 5.74) is 8.60. The smallest absolute Gasteiger partial charge is 0.0240 e. The fraction of sp³-hybridized carbons (Fsp3) is 0.400. The Kier molecular flexibility index (Phi) is 7.14. The van der Waals surface area contributed by atoms with Crippen molar-refractivity contribution in [2.24, 2.45) is 5.73 Å². The highest BCUT2D eigenvalue weighted by Gasteiger charge is 2.17. The first-order valence-electron chi connectivity index (χ1n) is 8.35. The van der Waals surface area contributed by atoms with E-state index in [-0.39, 0.29) is 0 Å². The Bertz CT molecular complexity index is 462. The maximum Gasteiger partial charge on any atom is 0.0240 e. The van der Waals surface area contributed by atoms with Crippen LogP contribution in [-0.4, -0.2) is 17.5 Å².